The fraction of sp³-hybridized carbons (Fsp3) is 0.414. The van der Waals surface area contributed by atoms with Crippen LogP contribution in [-0.2, 0) is 4.79 Å². The molecule has 6 rings (SSSR count). The third-order valence-electron chi connectivity index (χ3n) is 7.73. The Morgan fingerprint density at radius 2 is 1.86 bits per heavy atom. The Morgan fingerprint density at radius 3 is 2.68 bits per heavy atom. The molecular formula is C29H32FN3O4. The average Bonchev–Trinajstić information content (AvgIpc) is 3.40. The van der Waals surface area contributed by atoms with E-state index < -0.39 is 18.0 Å². The van der Waals surface area contributed by atoms with Crippen LogP contribution in [0.15, 0.2) is 54.6 Å². The number of hydrogen-bond donors (Lipinski definition) is 2. The van der Waals surface area contributed by atoms with Crippen molar-refractivity contribution in [3.63, 3.8) is 0 Å². The molecule has 3 atom stereocenters. The molecule has 3 heterocycles. The molecular weight excluding hydrogens is 473 g/mol. The number of halogens is 1. The summed E-state index contributed by atoms with van der Waals surface area (Å²) >= 11 is 0. The van der Waals surface area contributed by atoms with Crippen LogP contribution in [0.25, 0.3) is 10.8 Å². The van der Waals surface area contributed by atoms with Crippen LogP contribution in [0.3, 0.4) is 0 Å². The first kappa shape index (κ1) is 24.0. The molecule has 0 aromatic heterocycles. The largest absolute Gasteiger partial charge is 0.486 e. The van der Waals surface area contributed by atoms with Gasteiger partial charge in [0, 0.05) is 25.3 Å². The lowest BCUT2D eigenvalue weighted by Gasteiger charge is -2.36. The third kappa shape index (κ3) is 4.95. The van der Waals surface area contributed by atoms with Crippen LogP contribution in [0.4, 0.5) is 10.1 Å². The van der Waals surface area contributed by atoms with Gasteiger partial charge in [0.25, 0.3) is 0 Å². The monoisotopic (exact) mass is 505 g/mol. The summed E-state index contributed by atoms with van der Waals surface area (Å²) in [6.45, 7) is 4.39. The Morgan fingerprint density at radius 1 is 1.05 bits per heavy atom. The smallest absolute Gasteiger partial charge is 0.225 e. The lowest BCUT2D eigenvalue weighted by Crippen LogP contribution is -2.52. The van der Waals surface area contributed by atoms with Crippen LogP contribution in [0.2, 0.25) is 0 Å². The van der Waals surface area contributed by atoms with Gasteiger partial charge in [-0.05, 0) is 66.5 Å². The fourth-order valence-corrected chi connectivity index (χ4v) is 5.48. The van der Waals surface area contributed by atoms with Crippen LogP contribution in [0.5, 0.6) is 11.5 Å². The summed E-state index contributed by atoms with van der Waals surface area (Å²) in [5, 5.41) is 16.8. The van der Waals surface area contributed by atoms with E-state index in [-0.39, 0.29) is 29.9 Å². The molecule has 0 saturated carbocycles. The Balaban J connectivity index is 1.16. The van der Waals surface area contributed by atoms with Crippen molar-refractivity contribution in [2.45, 2.75) is 25.0 Å². The molecule has 1 amide bonds. The van der Waals surface area contributed by atoms with Gasteiger partial charge in [-0.2, -0.15) is 0 Å². The number of nitrogens with one attached hydrogen (secondary N) is 1. The van der Waals surface area contributed by atoms with Gasteiger partial charge in [-0.3, -0.25) is 4.79 Å². The van der Waals surface area contributed by atoms with Gasteiger partial charge in [-0.1, -0.05) is 30.3 Å². The molecule has 3 aromatic carbocycles. The van der Waals surface area contributed by atoms with E-state index in [2.05, 4.69) is 45.4 Å². The highest BCUT2D eigenvalue weighted by molar-refractivity contribution is 5.86. The predicted octanol–water partition coefficient (Wildman–Crippen LogP) is 3.50. The average molecular weight is 506 g/mol. The van der Waals surface area contributed by atoms with E-state index in [1.54, 1.807) is 6.07 Å². The molecule has 2 N–H and O–H groups in total. The van der Waals surface area contributed by atoms with Gasteiger partial charge in [-0.25, -0.2) is 4.39 Å². The van der Waals surface area contributed by atoms with Crippen LogP contribution in [0, 0.1) is 11.7 Å². The van der Waals surface area contributed by atoms with Gasteiger partial charge in [0.1, 0.15) is 19.3 Å². The molecule has 3 aromatic rings. The Hall–Kier alpha value is -3.36. The Labute approximate surface area is 215 Å². The van der Waals surface area contributed by atoms with E-state index in [1.807, 2.05) is 12.1 Å². The first-order chi connectivity index (χ1) is 18.0. The van der Waals surface area contributed by atoms with Crippen molar-refractivity contribution in [1.29, 1.82) is 0 Å². The van der Waals surface area contributed by atoms with Crippen molar-refractivity contribution in [3.05, 3.63) is 66.0 Å². The molecule has 0 aliphatic carbocycles. The molecule has 3 aliphatic heterocycles. The number of hydrogen-bond acceptors (Lipinski definition) is 6. The maximum Gasteiger partial charge on any atom is 0.225 e. The molecule has 0 spiro atoms. The second-order valence-electron chi connectivity index (χ2n) is 10.2. The summed E-state index contributed by atoms with van der Waals surface area (Å²) in [4.78, 5) is 17.8. The molecule has 8 heteroatoms. The number of aliphatic hydroxyl groups excluding tert-OH is 1. The summed E-state index contributed by atoms with van der Waals surface area (Å²) in [6, 6.07) is 17.0. The number of anilines is 1. The van der Waals surface area contributed by atoms with Crippen molar-refractivity contribution in [1.82, 2.24) is 10.2 Å². The second kappa shape index (κ2) is 10.2. The number of aliphatic hydroxyl groups is 1. The maximum atomic E-state index is 14.7. The summed E-state index contributed by atoms with van der Waals surface area (Å²) in [6.07, 6.45) is 0.760. The zero-order valence-corrected chi connectivity index (χ0v) is 20.7. The highest BCUT2D eigenvalue weighted by Gasteiger charge is 2.34. The molecule has 1 unspecified atom stereocenters. The van der Waals surface area contributed by atoms with Gasteiger partial charge in [0.2, 0.25) is 5.91 Å². The van der Waals surface area contributed by atoms with E-state index >= 15 is 0 Å². The Kier molecular flexibility index (Phi) is 6.61. The van der Waals surface area contributed by atoms with Crippen LogP contribution >= 0.6 is 0 Å². The molecule has 0 bridgehead atoms. The van der Waals surface area contributed by atoms with E-state index in [1.165, 1.54) is 16.8 Å². The van der Waals surface area contributed by atoms with Crippen molar-refractivity contribution in [3.8, 4) is 11.5 Å². The predicted molar refractivity (Wildman–Crippen MR) is 140 cm³/mol. The minimum absolute atomic E-state index is 0.0743. The fourth-order valence-electron chi connectivity index (χ4n) is 5.48. The first-order valence-electron chi connectivity index (χ1n) is 13.1. The van der Waals surface area contributed by atoms with Gasteiger partial charge in [-0.15, -0.1) is 0 Å². The van der Waals surface area contributed by atoms with Crippen molar-refractivity contribution >= 4 is 22.4 Å². The zero-order chi connectivity index (χ0) is 25.4. The standard InChI is InChI=1S/C29H32FN3O4/c30-24-15-22(16-26-28(24)37-13-12-36-26)27(34)25(18-32-9-3-10-32)31-29(35)21-8-11-33(17-21)23-7-6-19-4-1-2-5-20(19)14-23/h1-2,4-7,14-16,21,25,27,34H,3,8-13,17-18H2,(H,31,35)/t21?,25-,27-/m1/s1. The molecule has 7 nitrogen and oxygen atoms in total. The summed E-state index contributed by atoms with van der Waals surface area (Å²) in [5.74, 6) is -0.469. The summed E-state index contributed by atoms with van der Waals surface area (Å²) < 4.78 is 25.6. The number of carbonyl (C=O) groups is 1. The number of rotatable bonds is 7. The number of amides is 1. The minimum Gasteiger partial charge on any atom is -0.486 e. The van der Waals surface area contributed by atoms with Crippen molar-refractivity contribution < 1.29 is 23.8 Å². The molecule has 2 fully saturated rings. The number of carbonyl (C=O) groups excluding carboxylic acids is 1. The highest BCUT2D eigenvalue weighted by Crippen LogP contribution is 2.36. The zero-order valence-electron chi connectivity index (χ0n) is 20.7. The summed E-state index contributed by atoms with van der Waals surface area (Å²) in [5.41, 5.74) is 1.48. The second-order valence-corrected chi connectivity index (χ2v) is 10.2. The summed E-state index contributed by atoms with van der Waals surface area (Å²) in [7, 11) is 0. The number of fused-ring (bicyclic) bond motifs is 2. The molecule has 0 radical (unpaired) electrons. The van der Waals surface area contributed by atoms with Crippen molar-refractivity contribution in [2.75, 3.05) is 50.8 Å². The van der Waals surface area contributed by atoms with E-state index in [0.717, 1.165) is 38.2 Å². The first-order valence-corrected chi connectivity index (χ1v) is 13.1. The van der Waals surface area contributed by atoms with Crippen molar-refractivity contribution in [2.24, 2.45) is 5.92 Å². The highest BCUT2D eigenvalue weighted by atomic mass is 19.1. The van der Waals surface area contributed by atoms with E-state index in [4.69, 9.17) is 9.47 Å². The Bertz CT molecular complexity index is 1300. The molecule has 3 aliphatic rings. The quantitative estimate of drug-likeness (QED) is 0.512. The number of likely N-dealkylation sites (tertiary alicyclic amines) is 1. The molecule has 194 valence electrons. The van der Waals surface area contributed by atoms with Crippen LogP contribution < -0.4 is 19.7 Å². The molecule has 2 saturated heterocycles. The van der Waals surface area contributed by atoms with E-state index in [9.17, 15) is 14.3 Å². The lowest BCUT2D eigenvalue weighted by molar-refractivity contribution is -0.126. The van der Waals surface area contributed by atoms with E-state index in [0.29, 0.717) is 25.3 Å². The van der Waals surface area contributed by atoms with Gasteiger partial charge >= 0.3 is 0 Å². The number of benzene rings is 3. The topological polar surface area (TPSA) is 74.3 Å². The van der Waals surface area contributed by atoms with Crippen LogP contribution in [0.1, 0.15) is 24.5 Å². The molecule has 37 heavy (non-hydrogen) atoms. The van der Waals surface area contributed by atoms with Gasteiger partial charge in [0.05, 0.1) is 12.0 Å². The number of nitrogens with zero attached hydrogens (tertiary/aromatic N) is 2. The maximum absolute atomic E-state index is 14.7. The lowest BCUT2D eigenvalue weighted by atomic mass is 9.98. The van der Waals surface area contributed by atoms with Gasteiger partial charge < -0.3 is 29.7 Å². The van der Waals surface area contributed by atoms with Gasteiger partial charge in [0.15, 0.2) is 17.3 Å². The number of ether oxygens (including phenoxy) is 2. The third-order valence-corrected chi connectivity index (χ3v) is 7.73. The normalized spacial score (nSPS) is 20.9. The SMILES string of the molecule is O=C(N[C@H](CN1CCC1)[C@H](O)c1cc(F)c2c(c1)OCCO2)C1CCN(c2ccc3ccccc3c2)C1. The van der Waals surface area contributed by atoms with Crippen LogP contribution in [-0.4, -0.2) is 67.9 Å². The minimum atomic E-state index is -1.08.